The summed E-state index contributed by atoms with van der Waals surface area (Å²) in [5, 5.41) is 10.8. The van der Waals surface area contributed by atoms with Crippen molar-refractivity contribution in [2.75, 3.05) is 26.2 Å². The van der Waals surface area contributed by atoms with Crippen molar-refractivity contribution in [3.63, 3.8) is 0 Å². The summed E-state index contributed by atoms with van der Waals surface area (Å²) < 4.78 is 6.86. The van der Waals surface area contributed by atoms with E-state index in [9.17, 15) is 9.90 Å². The van der Waals surface area contributed by atoms with Crippen molar-refractivity contribution in [1.29, 1.82) is 0 Å². The zero-order chi connectivity index (χ0) is 24.2. The first-order chi connectivity index (χ1) is 17.1. The van der Waals surface area contributed by atoms with Crippen molar-refractivity contribution in [2.45, 2.75) is 26.2 Å². The molecule has 3 aromatic carbocycles. The van der Waals surface area contributed by atoms with E-state index in [2.05, 4.69) is 11.8 Å². The molecule has 5 heteroatoms. The smallest absolute Gasteiger partial charge is 0.195 e. The maximum atomic E-state index is 13.7. The van der Waals surface area contributed by atoms with E-state index in [-0.39, 0.29) is 11.5 Å². The second kappa shape index (κ2) is 10.6. The van der Waals surface area contributed by atoms with E-state index in [1.165, 1.54) is 37.3 Å². The van der Waals surface area contributed by atoms with Crippen molar-refractivity contribution in [2.24, 2.45) is 5.92 Å². The topological polar surface area (TPSA) is 49.8 Å². The predicted octanol–water partition coefficient (Wildman–Crippen LogP) is 7.01. The number of benzene rings is 3. The number of likely N-dealkylation sites (tertiary alicyclic amines) is 1. The van der Waals surface area contributed by atoms with Gasteiger partial charge >= 0.3 is 0 Å². The lowest BCUT2D eigenvalue weighted by Gasteiger charge is -2.30. The number of ether oxygens (including phenoxy) is 1. The van der Waals surface area contributed by atoms with Crippen LogP contribution in [0.5, 0.6) is 11.5 Å². The van der Waals surface area contributed by atoms with Crippen molar-refractivity contribution in [3.05, 3.63) is 83.9 Å². The van der Waals surface area contributed by atoms with E-state index < -0.39 is 0 Å². The second-order valence-electron chi connectivity index (χ2n) is 9.46. The van der Waals surface area contributed by atoms with Gasteiger partial charge in [-0.05, 0) is 79.8 Å². The summed E-state index contributed by atoms with van der Waals surface area (Å²) in [7, 11) is 0. The quantitative estimate of drug-likeness (QED) is 0.215. The van der Waals surface area contributed by atoms with E-state index in [1.807, 2.05) is 60.7 Å². The zero-order valence-electron chi connectivity index (χ0n) is 20.1. The summed E-state index contributed by atoms with van der Waals surface area (Å²) >= 11 is 1.53. The average Bonchev–Trinajstić information content (AvgIpc) is 3.26. The summed E-state index contributed by atoms with van der Waals surface area (Å²) in [6.07, 6.45) is 3.64. The molecular formula is C30H31NO3S. The molecule has 0 amide bonds. The Balaban J connectivity index is 1.30. The molecule has 1 aromatic heterocycles. The lowest BCUT2D eigenvalue weighted by molar-refractivity contribution is 0.104. The molecule has 1 N–H and O–H groups in total. The minimum absolute atomic E-state index is 0.0217. The molecule has 0 saturated carbocycles. The summed E-state index contributed by atoms with van der Waals surface area (Å²) in [5.74, 6) is 1.76. The Morgan fingerprint density at radius 2 is 1.89 bits per heavy atom. The molecule has 1 aliphatic heterocycles. The summed E-state index contributed by atoms with van der Waals surface area (Å²) in [4.78, 5) is 17.1. The van der Waals surface area contributed by atoms with Crippen LogP contribution in [0.3, 0.4) is 0 Å². The van der Waals surface area contributed by atoms with Gasteiger partial charge in [0.15, 0.2) is 5.78 Å². The monoisotopic (exact) mass is 485 g/mol. The summed E-state index contributed by atoms with van der Waals surface area (Å²) in [6.45, 7) is 6.47. The molecule has 180 valence electrons. The van der Waals surface area contributed by atoms with E-state index in [1.54, 1.807) is 12.1 Å². The third-order valence-electron chi connectivity index (χ3n) is 6.68. The Labute approximate surface area is 210 Å². The van der Waals surface area contributed by atoms with Crippen molar-refractivity contribution >= 4 is 27.2 Å². The standard InChI is InChI=1S/C30H31NO3S/c1-21-7-5-16-31(20-21)17-6-18-34-25-13-10-22(11-14-25)29(33)28-26-15-12-24(32)19-27(26)35-30(28)23-8-3-2-4-9-23/h2-4,8-15,19,21,32H,5-7,16-18,20H2,1H3. The average molecular weight is 486 g/mol. The van der Waals surface area contributed by atoms with Crippen LogP contribution in [-0.4, -0.2) is 42.0 Å². The molecule has 0 spiro atoms. The van der Waals surface area contributed by atoms with Crippen LogP contribution in [0.2, 0.25) is 0 Å². The molecular weight excluding hydrogens is 454 g/mol. The third-order valence-corrected chi connectivity index (χ3v) is 7.88. The summed E-state index contributed by atoms with van der Waals surface area (Å²) in [6, 6.07) is 22.6. The third kappa shape index (κ3) is 5.42. The number of hydrogen-bond donors (Lipinski definition) is 1. The van der Waals surface area contributed by atoms with E-state index in [0.717, 1.165) is 45.2 Å². The molecule has 5 rings (SSSR count). The fourth-order valence-corrected chi connectivity index (χ4v) is 6.16. The van der Waals surface area contributed by atoms with Gasteiger partial charge in [-0.15, -0.1) is 11.3 Å². The highest BCUT2D eigenvalue weighted by Gasteiger charge is 2.22. The first-order valence-corrected chi connectivity index (χ1v) is 13.2. The Bertz CT molecular complexity index is 1300. The number of carbonyl (C=O) groups is 1. The van der Waals surface area contributed by atoms with Crippen molar-refractivity contribution in [1.82, 2.24) is 4.90 Å². The van der Waals surface area contributed by atoms with Gasteiger partial charge in [-0.2, -0.15) is 0 Å². The Kier molecular flexibility index (Phi) is 7.16. The molecule has 35 heavy (non-hydrogen) atoms. The predicted molar refractivity (Wildman–Crippen MR) is 144 cm³/mol. The number of phenolic OH excluding ortho intramolecular Hbond substituents is 1. The van der Waals surface area contributed by atoms with Crippen molar-refractivity contribution < 1.29 is 14.6 Å². The number of thiophene rings is 1. The van der Waals surface area contributed by atoms with Gasteiger partial charge in [0.25, 0.3) is 0 Å². The highest BCUT2D eigenvalue weighted by molar-refractivity contribution is 7.22. The van der Waals surface area contributed by atoms with Crippen LogP contribution in [0.1, 0.15) is 42.1 Å². The number of rotatable bonds is 8. The lowest BCUT2D eigenvalue weighted by Crippen LogP contribution is -2.35. The Morgan fingerprint density at radius 3 is 2.66 bits per heavy atom. The van der Waals surface area contributed by atoms with Crippen LogP contribution in [0.4, 0.5) is 0 Å². The molecule has 0 radical (unpaired) electrons. The molecule has 1 saturated heterocycles. The molecule has 1 fully saturated rings. The maximum Gasteiger partial charge on any atom is 0.195 e. The van der Waals surface area contributed by atoms with Gasteiger partial charge in [-0.25, -0.2) is 0 Å². The van der Waals surface area contributed by atoms with Crippen molar-refractivity contribution in [3.8, 4) is 21.9 Å². The first kappa shape index (κ1) is 23.6. The van der Waals surface area contributed by atoms with Gasteiger partial charge in [0.05, 0.1) is 6.61 Å². The summed E-state index contributed by atoms with van der Waals surface area (Å²) in [5.41, 5.74) is 2.31. The molecule has 4 nitrogen and oxygen atoms in total. The largest absolute Gasteiger partial charge is 0.508 e. The van der Waals surface area contributed by atoms with Crippen LogP contribution in [0.15, 0.2) is 72.8 Å². The minimum Gasteiger partial charge on any atom is -0.508 e. The van der Waals surface area contributed by atoms with Gasteiger partial charge in [-0.1, -0.05) is 37.3 Å². The van der Waals surface area contributed by atoms with Gasteiger partial charge in [-0.3, -0.25) is 4.79 Å². The molecule has 4 aromatic rings. The number of carbonyl (C=O) groups excluding carboxylic acids is 1. The number of piperidine rings is 1. The fraction of sp³-hybridized carbons (Fsp3) is 0.300. The zero-order valence-corrected chi connectivity index (χ0v) is 20.9. The fourth-order valence-electron chi connectivity index (χ4n) is 4.92. The number of ketones is 1. The normalized spacial score (nSPS) is 16.4. The minimum atomic E-state index is -0.0217. The van der Waals surface area contributed by atoms with E-state index in [4.69, 9.17) is 4.74 Å². The molecule has 1 unspecified atom stereocenters. The van der Waals surface area contributed by atoms with Crippen LogP contribution >= 0.6 is 11.3 Å². The number of hydrogen-bond acceptors (Lipinski definition) is 5. The molecule has 2 heterocycles. The number of phenols is 1. The van der Waals surface area contributed by atoms with E-state index >= 15 is 0 Å². The number of aromatic hydroxyl groups is 1. The van der Waals surface area contributed by atoms with Gasteiger partial charge in [0, 0.05) is 39.2 Å². The van der Waals surface area contributed by atoms with Crippen LogP contribution in [0, 0.1) is 5.92 Å². The van der Waals surface area contributed by atoms with Gasteiger partial charge < -0.3 is 14.7 Å². The first-order valence-electron chi connectivity index (χ1n) is 12.4. The van der Waals surface area contributed by atoms with Crippen LogP contribution in [-0.2, 0) is 0 Å². The van der Waals surface area contributed by atoms with E-state index in [0.29, 0.717) is 17.7 Å². The number of fused-ring (bicyclic) bond motifs is 1. The Hall–Kier alpha value is -3.15. The molecule has 1 aliphatic rings. The maximum absolute atomic E-state index is 13.7. The molecule has 1 atom stereocenters. The second-order valence-corrected chi connectivity index (χ2v) is 10.5. The van der Waals surface area contributed by atoms with Gasteiger partial charge in [0.2, 0.25) is 0 Å². The van der Waals surface area contributed by atoms with Gasteiger partial charge in [0.1, 0.15) is 11.5 Å². The molecule has 0 aliphatic carbocycles. The van der Waals surface area contributed by atoms with Crippen LogP contribution in [0.25, 0.3) is 20.5 Å². The molecule has 0 bridgehead atoms. The number of nitrogens with zero attached hydrogens (tertiary/aromatic N) is 1. The lowest BCUT2D eigenvalue weighted by atomic mass is 9.97. The highest BCUT2D eigenvalue weighted by Crippen LogP contribution is 2.41. The van der Waals surface area contributed by atoms with Crippen LogP contribution < -0.4 is 4.74 Å². The highest BCUT2D eigenvalue weighted by atomic mass is 32.1. The Morgan fingerprint density at radius 1 is 1.09 bits per heavy atom. The SMILES string of the molecule is CC1CCCN(CCCOc2ccc(C(=O)c3c(-c4ccccc4)sc4cc(O)ccc34)cc2)C1.